The summed E-state index contributed by atoms with van der Waals surface area (Å²) >= 11 is 0. The van der Waals surface area contributed by atoms with Crippen LogP contribution in [-0.4, -0.2) is 13.0 Å². The van der Waals surface area contributed by atoms with Crippen LogP contribution in [0.5, 0.6) is 0 Å². The summed E-state index contributed by atoms with van der Waals surface area (Å²) in [6.45, 7) is 8.76. The van der Waals surface area contributed by atoms with E-state index in [1.807, 2.05) is 12.1 Å². The number of benzene rings is 2. The largest absolute Gasteiger partial charge is 0.294 e. The highest BCUT2D eigenvalue weighted by Gasteiger charge is 2.35. The standard InChI is InChI=1S/C18H20O3S/c1-5-14-11(2)18(3,4)17-15-9-7-13(22(19,20)21)10-12(15)6-8-16(14)17/h6-10H,5H2,1-4H3,(H,19,20,21). The second-order valence-electron chi connectivity index (χ2n) is 6.43. The fraction of sp³-hybridized carbons (Fsp3) is 0.333. The third-order valence-electron chi connectivity index (χ3n) is 4.98. The summed E-state index contributed by atoms with van der Waals surface area (Å²) < 4.78 is 31.9. The van der Waals surface area contributed by atoms with Crippen molar-refractivity contribution < 1.29 is 13.0 Å². The predicted molar refractivity (Wildman–Crippen MR) is 89.7 cm³/mol. The lowest BCUT2D eigenvalue weighted by Crippen LogP contribution is -2.16. The molecule has 0 bridgehead atoms. The second-order valence-corrected chi connectivity index (χ2v) is 7.85. The van der Waals surface area contributed by atoms with Crippen LogP contribution >= 0.6 is 0 Å². The van der Waals surface area contributed by atoms with Crippen molar-refractivity contribution in [3.05, 3.63) is 47.0 Å². The minimum Gasteiger partial charge on any atom is -0.282 e. The van der Waals surface area contributed by atoms with Crippen LogP contribution in [0.25, 0.3) is 16.3 Å². The molecular formula is C18H20O3S. The molecule has 0 amide bonds. The molecule has 1 aliphatic rings. The van der Waals surface area contributed by atoms with Crippen molar-refractivity contribution in [1.82, 2.24) is 0 Å². The quantitative estimate of drug-likeness (QED) is 0.826. The van der Waals surface area contributed by atoms with Gasteiger partial charge in [0, 0.05) is 5.41 Å². The molecule has 0 aliphatic heterocycles. The molecule has 116 valence electrons. The molecule has 0 atom stereocenters. The highest BCUT2D eigenvalue weighted by Crippen LogP contribution is 2.49. The van der Waals surface area contributed by atoms with Gasteiger partial charge in [-0.3, -0.25) is 4.55 Å². The summed E-state index contributed by atoms with van der Waals surface area (Å²) in [6, 6.07) is 8.84. The van der Waals surface area contributed by atoms with Gasteiger partial charge in [0.1, 0.15) is 0 Å². The van der Waals surface area contributed by atoms with Gasteiger partial charge in [0.15, 0.2) is 0 Å². The van der Waals surface area contributed by atoms with Gasteiger partial charge in [-0.15, -0.1) is 0 Å². The first kappa shape index (κ1) is 15.3. The maximum atomic E-state index is 11.3. The van der Waals surface area contributed by atoms with Crippen LogP contribution in [0, 0.1) is 0 Å². The lowest BCUT2D eigenvalue weighted by atomic mass is 9.79. The van der Waals surface area contributed by atoms with Crippen molar-refractivity contribution in [3.63, 3.8) is 0 Å². The van der Waals surface area contributed by atoms with Crippen LogP contribution in [0.4, 0.5) is 0 Å². The molecule has 0 aromatic heterocycles. The van der Waals surface area contributed by atoms with Crippen LogP contribution in [0.2, 0.25) is 0 Å². The number of fused-ring (bicyclic) bond motifs is 3. The Morgan fingerprint density at radius 1 is 1.14 bits per heavy atom. The van der Waals surface area contributed by atoms with E-state index in [-0.39, 0.29) is 10.3 Å². The number of rotatable bonds is 2. The van der Waals surface area contributed by atoms with E-state index in [1.54, 1.807) is 6.07 Å². The van der Waals surface area contributed by atoms with Crippen LogP contribution in [-0.2, 0) is 15.5 Å². The lowest BCUT2D eigenvalue weighted by molar-refractivity contribution is 0.483. The molecule has 3 nitrogen and oxygen atoms in total. The molecule has 0 fully saturated rings. The average molecular weight is 316 g/mol. The zero-order valence-corrected chi connectivity index (χ0v) is 14.1. The van der Waals surface area contributed by atoms with E-state index in [0.717, 1.165) is 17.2 Å². The van der Waals surface area contributed by atoms with E-state index in [9.17, 15) is 13.0 Å². The molecule has 3 rings (SSSR count). The van der Waals surface area contributed by atoms with Crippen molar-refractivity contribution >= 4 is 26.5 Å². The highest BCUT2D eigenvalue weighted by molar-refractivity contribution is 7.85. The van der Waals surface area contributed by atoms with E-state index in [4.69, 9.17) is 0 Å². The van der Waals surface area contributed by atoms with Gasteiger partial charge >= 0.3 is 0 Å². The molecule has 4 heteroatoms. The SMILES string of the molecule is CCC1=C(C)C(C)(C)c2c1ccc1cc(S(=O)(=O)O)ccc21. The molecule has 22 heavy (non-hydrogen) atoms. The van der Waals surface area contributed by atoms with Crippen LogP contribution < -0.4 is 0 Å². The Hall–Kier alpha value is -1.65. The molecular weight excluding hydrogens is 296 g/mol. The smallest absolute Gasteiger partial charge is 0.282 e. The van der Waals surface area contributed by atoms with E-state index < -0.39 is 10.1 Å². The first-order valence-electron chi connectivity index (χ1n) is 7.43. The van der Waals surface area contributed by atoms with Crippen molar-refractivity contribution in [2.45, 2.75) is 44.4 Å². The van der Waals surface area contributed by atoms with Gasteiger partial charge in [0.2, 0.25) is 0 Å². The average Bonchev–Trinajstić information content (AvgIpc) is 2.64. The van der Waals surface area contributed by atoms with Crippen molar-refractivity contribution in [2.75, 3.05) is 0 Å². The summed E-state index contributed by atoms with van der Waals surface area (Å²) in [5.74, 6) is 0. The topological polar surface area (TPSA) is 54.4 Å². The fourth-order valence-electron chi connectivity index (χ4n) is 3.62. The van der Waals surface area contributed by atoms with Gasteiger partial charge in [0.25, 0.3) is 10.1 Å². The lowest BCUT2D eigenvalue weighted by Gasteiger charge is -2.24. The Bertz CT molecular complexity index is 919. The molecule has 0 saturated heterocycles. The molecule has 2 aromatic rings. The Morgan fingerprint density at radius 3 is 2.41 bits per heavy atom. The van der Waals surface area contributed by atoms with Gasteiger partial charge in [0.05, 0.1) is 4.90 Å². The summed E-state index contributed by atoms with van der Waals surface area (Å²) in [6.07, 6.45) is 0.983. The van der Waals surface area contributed by atoms with E-state index in [0.29, 0.717) is 0 Å². The van der Waals surface area contributed by atoms with E-state index >= 15 is 0 Å². The van der Waals surface area contributed by atoms with Crippen LogP contribution in [0.1, 0.15) is 45.2 Å². The number of allylic oxidation sites excluding steroid dienone is 2. The minimum atomic E-state index is -4.17. The molecule has 0 spiro atoms. The molecule has 0 radical (unpaired) electrons. The normalized spacial score (nSPS) is 17.1. The highest BCUT2D eigenvalue weighted by atomic mass is 32.2. The zero-order valence-electron chi connectivity index (χ0n) is 13.3. The van der Waals surface area contributed by atoms with E-state index in [1.165, 1.54) is 28.3 Å². The van der Waals surface area contributed by atoms with Crippen molar-refractivity contribution in [3.8, 4) is 0 Å². The third-order valence-corrected chi connectivity index (χ3v) is 5.83. The Morgan fingerprint density at radius 2 is 1.82 bits per heavy atom. The first-order chi connectivity index (χ1) is 10.2. The Kier molecular flexibility index (Phi) is 3.24. The third kappa shape index (κ3) is 2.02. The first-order valence-corrected chi connectivity index (χ1v) is 8.87. The van der Waals surface area contributed by atoms with Gasteiger partial charge in [-0.25, -0.2) is 0 Å². The summed E-state index contributed by atoms with van der Waals surface area (Å²) in [5.41, 5.74) is 5.19. The molecule has 2 aromatic carbocycles. The van der Waals surface area contributed by atoms with Crippen LogP contribution in [0.3, 0.4) is 0 Å². The van der Waals surface area contributed by atoms with Gasteiger partial charge in [-0.2, -0.15) is 8.42 Å². The van der Waals surface area contributed by atoms with E-state index in [2.05, 4.69) is 33.8 Å². The maximum Gasteiger partial charge on any atom is 0.294 e. The van der Waals surface area contributed by atoms with Gasteiger partial charge in [-0.05, 0) is 52.9 Å². The van der Waals surface area contributed by atoms with Crippen LogP contribution in [0.15, 0.2) is 40.8 Å². The monoisotopic (exact) mass is 316 g/mol. The molecule has 0 unspecified atom stereocenters. The molecule has 0 heterocycles. The molecule has 1 aliphatic carbocycles. The second kappa shape index (κ2) is 4.67. The molecule has 0 saturated carbocycles. The minimum absolute atomic E-state index is 0.0591. The number of hydrogen-bond acceptors (Lipinski definition) is 2. The zero-order chi connectivity index (χ0) is 16.3. The van der Waals surface area contributed by atoms with Crippen molar-refractivity contribution in [1.29, 1.82) is 0 Å². The predicted octanol–water partition coefficient (Wildman–Crippen LogP) is 4.56. The Balaban J connectivity index is 2.36. The number of hydrogen-bond donors (Lipinski definition) is 1. The fourth-order valence-corrected chi connectivity index (χ4v) is 4.13. The van der Waals surface area contributed by atoms with Gasteiger partial charge in [-0.1, -0.05) is 44.5 Å². The summed E-state index contributed by atoms with van der Waals surface area (Å²) in [7, 11) is -4.17. The maximum absolute atomic E-state index is 11.3. The summed E-state index contributed by atoms with van der Waals surface area (Å²) in [4.78, 5) is -0.0591. The van der Waals surface area contributed by atoms with Crippen molar-refractivity contribution in [2.24, 2.45) is 0 Å². The molecule has 1 N–H and O–H groups in total. The summed E-state index contributed by atoms with van der Waals surface area (Å²) in [5, 5.41) is 1.89. The van der Waals surface area contributed by atoms with Gasteiger partial charge < -0.3 is 0 Å². The Labute approximate surface area is 131 Å².